The summed E-state index contributed by atoms with van der Waals surface area (Å²) in [5.74, 6) is 0.367. The predicted octanol–water partition coefficient (Wildman–Crippen LogP) is 3.10. The summed E-state index contributed by atoms with van der Waals surface area (Å²) in [6.07, 6.45) is 0. The Morgan fingerprint density at radius 3 is 2.47 bits per heavy atom. The van der Waals surface area contributed by atoms with E-state index < -0.39 is 10.8 Å². The smallest absolute Gasteiger partial charge is 0.308 e. The third-order valence-corrected chi connectivity index (χ3v) is 2.20. The molecular formula is C10H10Cl2O3. The van der Waals surface area contributed by atoms with Crippen molar-refractivity contribution in [2.24, 2.45) is 0 Å². The molecule has 0 aliphatic rings. The number of methoxy groups -OCH3 is 1. The van der Waals surface area contributed by atoms with Crippen LogP contribution in [0.1, 0.15) is 17.3 Å². The highest BCUT2D eigenvalue weighted by Gasteiger charge is 2.11. The lowest BCUT2D eigenvalue weighted by molar-refractivity contribution is -0.132. The number of carbonyl (C=O) groups excluding carboxylic acids is 1. The summed E-state index contributed by atoms with van der Waals surface area (Å²) in [7, 11) is 1.48. The van der Waals surface area contributed by atoms with E-state index in [0.717, 1.165) is 0 Å². The topological polar surface area (TPSA) is 35.5 Å². The van der Waals surface area contributed by atoms with Gasteiger partial charge in [0.25, 0.3) is 0 Å². The first-order chi connectivity index (χ1) is 7.04. The molecule has 0 unspecified atom stereocenters. The number of hydrogen-bond acceptors (Lipinski definition) is 3. The molecule has 1 aromatic rings. The molecule has 0 heterocycles. The second kappa shape index (κ2) is 5.24. The minimum absolute atomic E-state index is 0.350. The lowest BCUT2D eigenvalue weighted by Gasteiger charge is -2.10. The average molecular weight is 249 g/mol. The Morgan fingerprint density at radius 2 is 2.00 bits per heavy atom. The number of rotatable bonds is 3. The van der Waals surface area contributed by atoms with E-state index in [4.69, 9.17) is 32.7 Å². The highest BCUT2D eigenvalue weighted by atomic mass is 35.5. The minimum Gasteiger partial charge on any atom is -0.493 e. The molecule has 0 N–H and O–H groups in total. The van der Waals surface area contributed by atoms with Gasteiger partial charge in [0.15, 0.2) is 11.5 Å². The molecule has 82 valence electrons. The quantitative estimate of drug-likeness (QED) is 0.469. The molecular weight excluding hydrogens is 239 g/mol. The van der Waals surface area contributed by atoms with Crippen molar-refractivity contribution in [3.63, 3.8) is 0 Å². The highest BCUT2D eigenvalue weighted by molar-refractivity contribution is 6.44. The van der Waals surface area contributed by atoms with E-state index in [9.17, 15) is 4.79 Å². The predicted molar refractivity (Wildman–Crippen MR) is 58.8 cm³/mol. The normalized spacial score (nSPS) is 10.2. The molecule has 0 aliphatic heterocycles. The molecule has 1 aromatic carbocycles. The highest BCUT2D eigenvalue weighted by Crippen LogP contribution is 2.33. The zero-order valence-corrected chi connectivity index (χ0v) is 9.80. The van der Waals surface area contributed by atoms with E-state index in [1.54, 1.807) is 18.2 Å². The summed E-state index contributed by atoms with van der Waals surface area (Å²) >= 11 is 11.4. The van der Waals surface area contributed by atoms with Crippen molar-refractivity contribution in [3.05, 3.63) is 23.8 Å². The average Bonchev–Trinajstić information content (AvgIpc) is 2.17. The monoisotopic (exact) mass is 248 g/mol. The van der Waals surface area contributed by atoms with Crippen LogP contribution in [0.25, 0.3) is 0 Å². The number of ether oxygens (including phenoxy) is 2. The van der Waals surface area contributed by atoms with E-state index in [1.807, 2.05) is 0 Å². The molecule has 15 heavy (non-hydrogen) atoms. The van der Waals surface area contributed by atoms with Crippen LogP contribution >= 0.6 is 23.2 Å². The molecule has 0 bridgehead atoms. The summed E-state index contributed by atoms with van der Waals surface area (Å²) in [5.41, 5.74) is 0.686. The SMILES string of the molecule is COc1cc(C(Cl)Cl)ccc1OC(C)=O. The van der Waals surface area contributed by atoms with E-state index in [0.29, 0.717) is 17.1 Å². The molecule has 5 heteroatoms. The third kappa shape index (κ3) is 3.29. The van der Waals surface area contributed by atoms with E-state index in [-0.39, 0.29) is 0 Å². The van der Waals surface area contributed by atoms with Crippen molar-refractivity contribution < 1.29 is 14.3 Å². The number of alkyl halides is 2. The van der Waals surface area contributed by atoms with Gasteiger partial charge in [0.2, 0.25) is 0 Å². The van der Waals surface area contributed by atoms with Crippen molar-refractivity contribution >= 4 is 29.2 Å². The Labute approximate surface area is 97.9 Å². The van der Waals surface area contributed by atoms with Crippen LogP contribution < -0.4 is 9.47 Å². The molecule has 1 rings (SSSR count). The summed E-state index contributed by atoms with van der Waals surface area (Å²) in [5, 5.41) is 0. The van der Waals surface area contributed by atoms with E-state index >= 15 is 0 Å². The van der Waals surface area contributed by atoms with Gasteiger partial charge in [-0.2, -0.15) is 0 Å². The van der Waals surface area contributed by atoms with Gasteiger partial charge in [0.05, 0.1) is 7.11 Å². The van der Waals surface area contributed by atoms with Crippen molar-refractivity contribution in [1.82, 2.24) is 0 Å². The van der Waals surface area contributed by atoms with Crippen LogP contribution in [0, 0.1) is 0 Å². The summed E-state index contributed by atoms with van der Waals surface area (Å²) in [6, 6.07) is 4.89. The Kier molecular flexibility index (Phi) is 4.24. The summed E-state index contributed by atoms with van der Waals surface area (Å²) < 4.78 is 9.96. The zero-order chi connectivity index (χ0) is 11.4. The van der Waals surface area contributed by atoms with Gasteiger partial charge >= 0.3 is 5.97 Å². The Bertz CT molecular complexity index is 364. The van der Waals surface area contributed by atoms with Gasteiger partial charge in [0.1, 0.15) is 4.84 Å². The number of esters is 1. The molecule has 0 amide bonds. The third-order valence-electron chi connectivity index (χ3n) is 1.69. The molecule has 0 aliphatic carbocycles. The van der Waals surface area contributed by atoms with Crippen LogP contribution in [-0.2, 0) is 4.79 Å². The number of hydrogen-bond donors (Lipinski definition) is 0. The van der Waals surface area contributed by atoms with E-state index in [1.165, 1.54) is 14.0 Å². The second-order valence-electron chi connectivity index (χ2n) is 2.80. The number of halogens is 2. The molecule has 0 radical (unpaired) electrons. The molecule has 0 fully saturated rings. The Morgan fingerprint density at radius 1 is 1.33 bits per heavy atom. The fourth-order valence-electron chi connectivity index (χ4n) is 1.06. The van der Waals surface area contributed by atoms with Crippen molar-refractivity contribution in [3.8, 4) is 11.5 Å². The first kappa shape index (κ1) is 12.1. The van der Waals surface area contributed by atoms with Gasteiger partial charge in [-0.1, -0.05) is 6.07 Å². The second-order valence-corrected chi connectivity index (χ2v) is 3.90. The van der Waals surface area contributed by atoms with Crippen molar-refractivity contribution in [2.45, 2.75) is 11.8 Å². The zero-order valence-electron chi connectivity index (χ0n) is 8.29. The van der Waals surface area contributed by atoms with Crippen LogP contribution in [0.4, 0.5) is 0 Å². The van der Waals surface area contributed by atoms with Crippen LogP contribution in [0.5, 0.6) is 11.5 Å². The molecule has 0 spiro atoms. The van der Waals surface area contributed by atoms with Crippen molar-refractivity contribution in [1.29, 1.82) is 0 Å². The first-order valence-electron chi connectivity index (χ1n) is 4.19. The largest absolute Gasteiger partial charge is 0.493 e. The molecule has 0 saturated heterocycles. The molecule has 3 nitrogen and oxygen atoms in total. The standard InChI is InChI=1S/C10H10Cl2O3/c1-6(13)15-8-4-3-7(10(11)12)5-9(8)14-2/h3-5,10H,1-2H3. The number of benzene rings is 1. The molecule has 0 atom stereocenters. The summed E-state index contributed by atoms with van der Waals surface area (Å²) in [4.78, 5) is 10.1. The van der Waals surface area contributed by atoms with Gasteiger partial charge < -0.3 is 9.47 Å². The van der Waals surface area contributed by atoms with Gasteiger partial charge in [-0.25, -0.2) is 0 Å². The van der Waals surface area contributed by atoms with E-state index in [2.05, 4.69) is 0 Å². The molecule has 0 aromatic heterocycles. The fourth-order valence-corrected chi connectivity index (χ4v) is 1.33. The maximum absolute atomic E-state index is 10.8. The van der Waals surface area contributed by atoms with Gasteiger partial charge in [-0.3, -0.25) is 4.79 Å². The lowest BCUT2D eigenvalue weighted by atomic mass is 10.2. The minimum atomic E-state index is -0.634. The number of carbonyl (C=O) groups is 1. The maximum Gasteiger partial charge on any atom is 0.308 e. The molecule has 0 saturated carbocycles. The van der Waals surface area contributed by atoms with Gasteiger partial charge in [-0.05, 0) is 17.7 Å². The van der Waals surface area contributed by atoms with Crippen LogP contribution in [-0.4, -0.2) is 13.1 Å². The first-order valence-corrected chi connectivity index (χ1v) is 5.06. The lowest BCUT2D eigenvalue weighted by Crippen LogP contribution is -2.03. The summed E-state index contributed by atoms with van der Waals surface area (Å²) in [6.45, 7) is 1.32. The van der Waals surface area contributed by atoms with Crippen LogP contribution in [0.2, 0.25) is 0 Å². The van der Waals surface area contributed by atoms with Crippen molar-refractivity contribution in [2.75, 3.05) is 7.11 Å². The maximum atomic E-state index is 10.8. The van der Waals surface area contributed by atoms with Crippen LogP contribution in [0.15, 0.2) is 18.2 Å². The van der Waals surface area contributed by atoms with Crippen LogP contribution in [0.3, 0.4) is 0 Å². The fraction of sp³-hybridized carbons (Fsp3) is 0.300. The van der Waals surface area contributed by atoms with Gasteiger partial charge in [0, 0.05) is 6.92 Å². The Balaban J connectivity index is 3.03. The van der Waals surface area contributed by atoms with Gasteiger partial charge in [-0.15, -0.1) is 23.2 Å². The Hall–Kier alpha value is -0.930.